The van der Waals surface area contributed by atoms with Gasteiger partial charge < -0.3 is 10.5 Å². The van der Waals surface area contributed by atoms with Crippen molar-refractivity contribution in [3.63, 3.8) is 0 Å². The van der Waals surface area contributed by atoms with Crippen molar-refractivity contribution in [2.24, 2.45) is 10.1 Å². The first-order valence-corrected chi connectivity index (χ1v) is 5.28. The highest BCUT2D eigenvalue weighted by atomic mass is 32.2. The number of nitrogens with two attached hydrogens (primary N) is 1. The summed E-state index contributed by atoms with van der Waals surface area (Å²) in [7, 11) is -3.58. The highest BCUT2D eigenvalue weighted by Gasteiger charge is 2.21. The number of hydrogen-bond acceptors (Lipinski definition) is 4. The van der Waals surface area contributed by atoms with Crippen LogP contribution in [0.25, 0.3) is 0 Å². The van der Waals surface area contributed by atoms with Crippen LogP contribution in [0.4, 0.5) is 0 Å². The zero-order valence-electron chi connectivity index (χ0n) is 7.52. The first-order valence-electron chi connectivity index (χ1n) is 3.84. The summed E-state index contributed by atoms with van der Waals surface area (Å²) in [5, 5.41) is -0.213. The average molecular weight is 204 g/mol. The molecule has 13 heavy (non-hydrogen) atoms. The maximum Gasteiger partial charge on any atom is 0.297 e. The number of ether oxygens (including phenoxy) is 1. The molecule has 1 heterocycles. The fourth-order valence-electron chi connectivity index (χ4n) is 0.792. The minimum atomic E-state index is -3.58. The maximum atomic E-state index is 11.0. The van der Waals surface area contributed by atoms with Crippen LogP contribution in [0.1, 0.15) is 13.8 Å². The van der Waals surface area contributed by atoms with Gasteiger partial charge in [-0.1, -0.05) is 0 Å². The Morgan fingerprint density at radius 3 is 2.62 bits per heavy atom. The van der Waals surface area contributed by atoms with Crippen molar-refractivity contribution in [2.45, 2.75) is 20.0 Å². The van der Waals surface area contributed by atoms with Crippen LogP contribution in [-0.2, 0) is 14.8 Å². The quantitative estimate of drug-likeness (QED) is 0.701. The van der Waals surface area contributed by atoms with E-state index >= 15 is 0 Å². The van der Waals surface area contributed by atoms with E-state index in [0.29, 0.717) is 5.71 Å². The van der Waals surface area contributed by atoms with Crippen molar-refractivity contribution in [1.82, 2.24) is 0 Å². The van der Waals surface area contributed by atoms with Crippen molar-refractivity contribution in [3.05, 3.63) is 11.1 Å². The molecule has 5 nitrogen and oxygen atoms in total. The van der Waals surface area contributed by atoms with Crippen molar-refractivity contribution in [1.29, 1.82) is 0 Å². The second kappa shape index (κ2) is 3.47. The minimum Gasteiger partial charge on any atom is -0.388 e. The number of rotatable bonds is 3. The van der Waals surface area contributed by atoms with E-state index in [2.05, 4.69) is 4.40 Å². The number of sulfonamides is 1. The summed E-state index contributed by atoms with van der Waals surface area (Å²) < 4.78 is 30.6. The summed E-state index contributed by atoms with van der Waals surface area (Å²) >= 11 is 0. The Hall–Kier alpha value is -0.880. The molecular formula is C7H12N2O3S. The average Bonchev–Trinajstić information content (AvgIpc) is 2.22. The summed E-state index contributed by atoms with van der Waals surface area (Å²) in [5.74, 6) is 0. The molecule has 1 aliphatic heterocycles. The summed E-state index contributed by atoms with van der Waals surface area (Å²) in [6, 6.07) is 0. The molecule has 0 saturated carbocycles. The first kappa shape index (κ1) is 10.2. The second-order valence-corrected chi connectivity index (χ2v) is 4.57. The van der Waals surface area contributed by atoms with Gasteiger partial charge in [-0.05, 0) is 19.9 Å². The Kier molecular flexibility index (Phi) is 2.72. The molecule has 2 N–H and O–H groups in total. The lowest BCUT2D eigenvalue weighted by Gasteiger charge is -2.04. The molecule has 0 atom stereocenters. The third-order valence-corrected chi connectivity index (χ3v) is 2.60. The van der Waals surface area contributed by atoms with Crippen molar-refractivity contribution in [3.8, 4) is 0 Å². The first-order chi connectivity index (χ1) is 5.92. The van der Waals surface area contributed by atoms with E-state index in [1.807, 2.05) is 13.8 Å². The Balaban J connectivity index is 2.67. The molecule has 0 fully saturated rings. The molecule has 0 aliphatic carbocycles. The third-order valence-electron chi connectivity index (χ3n) is 1.41. The van der Waals surface area contributed by atoms with Crippen molar-refractivity contribution >= 4 is 15.7 Å². The highest BCUT2D eigenvalue weighted by molar-refractivity contribution is 7.94. The van der Waals surface area contributed by atoms with Gasteiger partial charge in [0, 0.05) is 0 Å². The summed E-state index contributed by atoms with van der Waals surface area (Å²) in [6.07, 6.45) is 1.36. The van der Waals surface area contributed by atoms with Gasteiger partial charge in [0.2, 0.25) is 0 Å². The van der Waals surface area contributed by atoms with Crippen LogP contribution >= 0.6 is 0 Å². The zero-order chi connectivity index (χ0) is 10.1. The standard InChI is InChI=1S/C7H12N2O3S/c1-5(2)12-4-6-3-7(8)13(10,11)9-6/h3,5H,4,8H2,1-2H3. The van der Waals surface area contributed by atoms with Crippen LogP contribution in [0.2, 0.25) is 0 Å². The molecule has 0 spiro atoms. The van der Waals surface area contributed by atoms with E-state index in [9.17, 15) is 8.42 Å². The van der Waals surface area contributed by atoms with Gasteiger partial charge in [0.1, 0.15) is 0 Å². The van der Waals surface area contributed by atoms with E-state index in [1.165, 1.54) is 6.08 Å². The van der Waals surface area contributed by atoms with E-state index in [1.54, 1.807) is 0 Å². The van der Waals surface area contributed by atoms with Crippen molar-refractivity contribution in [2.75, 3.05) is 6.61 Å². The molecule has 0 aromatic rings. The third kappa shape index (κ3) is 2.53. The van der Waals surface area contributed by atoms with Crippen LogP contribution in [-0.4, -0.2) is 26.8 Å². The van der Waals surface area contributed by atoms with Gasteiger partial charge in [-0.15, -0.1) is 0 Å². The Morgan fingerprint density at radius 2 is 2.23 bits per heavy atom. The fourth-order valence-corrected chi connectivity index (χ4v) is 1.60. The molecule has 0 amide bonds. The summed E-state index contributed by atoms with van der Waals surface area (Å²) in [5.41, 5.74) is 5.57. The van der Waals surface area contributed by atoms with Crippen molar-refractivity contribution < 1.29 is 13.2 Å². The van der Waals surface area contributed by atoms with Gasteiger partial charge in [-0.2, -0.15) is 12.8 Å². The molecular weight excluding hydrogens is 192 g/mol. The van der Waals surface area contributed by atoms with Crippen LogP contribution in [0, 0.1) is 0 Å². The smallest absolute Gasteiger partial charge is 0.297 e. The number of nitrogens with zero attached hydrogens (tertiary/aromatic N) is 1. The highest BCUT2D eigenvalue weighted by Crippen LogP contribution is 2.11. The van der Waals surface area contributed by atoms with Crippen LogP contribution in [0.3, 0.4) is 0 Å². The Labute approximate surface area is 77.3 Å². The molecule has 0 aromatic carbocycles. The lowest BCUT2D eigenvalue weighted by atomic mass is 10.4. The largest absolute Gasteiger partial charge is 0.388 e. The van der Waals surface area contributed by atoms with Gasteiger partial charge in [0.15, 0.2) is 5.03 Å². The molecule has 1 rings (SSSR count). The van der Waals surface area contributed by atoms with Gasteiger partial charge in [-0.25, -0.2) is 0 Å². The summed E-state index contributed by atoms with van der Waals surface area (Å²) in [6.45, 7) is 3.89. The van der Waals surface area contributed by atoms with E-state index in [4.69, 9.17) is 10.5 Å². The Morgan fingerprint density at radius 1 is 1.62 bits per heavy atom. The molecule has 6 heteroatoms. The molecule has 0 radical (unpaired) electrons. The molecule has 74 valence electrons. The second-order valence-electron chi connectivity index (χ2n) is 2.96. The Bertz CT molecular complexity index is 354. The molecule has 0 aromatic heterocycles. The lowest BCUT2D eigenvalue weighted by Crippen LogP contribution is -2.10. The molecule has 0 bridgehead atoms. The monoisotopic (exact) mass is 204 g/mol. The van der Waals surface area contributed by atoms with Gasteiger partial charge in [0.05, 0.1) is 18.4 Å². The van der Waals surface area contributed by atoms with Crippen LogP contribution < -0.4 is 5.73 Å². The van der Waals surface area contributed by atoms with Gasteiger partial charge in [-0.3, -0.25) is 0 Å². The SMILES string of the molecule is CC(C)OCC1=NS(=O)(=O)C(N)=C1. The van der Waals surface area contributed by atoms with Gasteiger partial charge >= 0.3 is 0 Å². The van der Waals surface area contributed by atoms with Crippen LogP contribution in [0.15, 0.2) is 15.5 Å². The van der Waals surface area contributed by atoms with E-state index in [-0.39, 0.29) is 17.7 Å². The van der Waals surface area contributed by atoms with Gasteiger partial charge in [0.25, 0.3) is 10.0 Å². The number of hydrogen-bond donors (Lipinski definition) is 1. The lowest BCUT2D eigenvalue weighted by molar-refractivity contribution is 0.111. The van der Waals surface area contributed by atoms with Crippen LogP contribution in [0.5, 0.6) is 0 Å². The predicted molar refractivity (Wildman–Crippen MR) is 49.7 cm³/mol. The maximum absolute atomic E-state index is 11.0. The predicted octanol–water partition coefficient (Wildman–Crippen LogP) is -0.00410. The van der Waals surface area contributed by atoms with E-state index in [0.717, 1.165) is 0 Å². The molecule has 1 aliphatic rings. The molecule has 0 saturated heterocycles. The topological polar surface area (TPSA) is 81.8 Å². The molecule has 0 unspecified atom stereocenters. The zero-order valence-corrected chi connectivity index (χ0v) is 8.34. The van der Waals surface area contributed by atoms with E-state index < -0.39 is 10.0 Å². The summed E-state index contributed by atoms with van der Waals surface area (Å²) in [4.78, 5) is 0. The fraction of sp³-hybridized carbons (Fsp3) is 0.571. The minimum absolute atomic E-state index is 0.0422. The normalized spacial score (nSPS) is 20.2.